The number of nitrogens with zero attached hydrogens (tertiary/aromatic N) is 1. The van der Waals surface area contributed by atoms with Gasteiger partial charge in [0.25, 0.3) is 0 Å². The van der Waals surface area contributed by atoms with Gasteiger partial charge in [0.2, 0.25) is 0 Å². The van der Waals surface area contributed by atoms with Crippen molar-refractivity contribution >= 4 is 16.5 Å². The van der Waals surface area contributed by atoms with Crippen molar-refractivity contribution in [3.63, 3.8) is 0 Å². The number of anilines is 1. The van der Waals surface area contributed by atoms with Crippen LogP contribution in [-0.4, -0.2) is 26.8 Å². The number of rotatable bonds is 4. The Hall–Kier alpha value is -1.58. The van der Waals surface area contributed by atoms with Crippen molar-refractivity contribution in [1.82, 2.24) is 0 Å². The van der Waals surface area contributed by atoms with Crippen LogP contribution >= 0.6 is 0 Å². The summed E-state index contributed by atoms with van der Waals surface area (Å²) in [6.45, 7) is 3.50. The van der Waals surface area contributed by atoms with E-state index in [1.165, 1.54) is 34.9 Å². The lowest BCUT2D eigenvalue weighted by atomic mass is 9.98. The molecular weight excluding hydrogens is 260 g/mol. The first-order chi connectivity index (χ1) is 10.3. The molecule has 2 aromatic rings. The van der Waals surface area contributed by atoms with E-state index in [1.54, 1.807) is 0 Å². The fourth-order valence-electron chi connectivity index (χ4n) is 3.27. The SMILES string of the molecule is CN(CC1CCOCC1)c1ccc(CN)c2ccccc12. The molecule has 0 amide bonds. The van der Waals surface area contributed by atoms with Crippen LogP contribution < -0.4 is 10.6 Å². The van der Waals surface area contributed by atoms with Gasteiger partial charge in [0, 0.05) is 44.4 Å². The molecule has 2 N–H and O–H groups in total. The molecule has 21 heavy (non-hydrogen) atoms. The summed E-state index contributed by atoms with van der Waals surface area (Å²) in [7, 11) is 2.19. The van der Waals surface area contributed by atoms with Gasteiger partial charge < -0.3 is 15.4 Å². The highest BCUT2D eigenvalue weighted by molar-refractivity contribution is 5.96. The minimum absolute atomic E-state index is 0.588. The van der Waals surface area contributed by atoms with Crippen molar-refractivity contribution in [3.8, 4) is 0 Å². The minimum Gasteiger partial charge on any atom is -0.381 e. The minimum atomic E-state index is 0.588. The third kappa shape index (κ3) is 3.04. The highest BCUT2D eigenvalue weighted by Gasteiger charge is 2.17. The Morgan fingerprint density at radius 3 is 2.52 bits per heavy atom. The van der Waals surface area contributed by atoms with Crippen LogP contribution in [0.3, 0.4) is 0 Å². The Bertz CT molecular complexity index is 605. The zero-order valence-electron chi connectivity index (χ0n) is 12.7. The fourth-order valence-corrected chi connectivity index (χ4v) is 3.27. The second-order valence-electron chi connectivity index (χ2n) is 5.93. The summed E-state index contributed by atoms with van der Waals surface area (Å²) in [4.78, 5) is 2.39. The quantitative estimate of drug-likeness (QED) is 0.937. The molecule has 0 aromatic heterocycles. The average Bonchev–Trinajstić information content (AvgIpc) is 2.54. The van der Waals surface area contributed by atoms with E-state index in [2.05, 4.69) is 48.3 Å². The lowest BCUT2D eigenvalue weighted by Crippen LogP contribution is -2.29. The van der Waals surface area contributed by atoms with Gasteiger partial charge in [0.1, 0.15) is 0 Å². The van der Waals surface area contributed by atoms with Gasteiger partial charge in [-0.15, -0.1) is 0 Å². The van der Waals surface area contributed by atoms with Crippen LogP contribution in [0.5, 0.6) is 0 Å². The molecule has 2 aromatic carbocycles. The predicted molar refractivity (Wildman–Crippen MR) is 88.7 cm³/mol. The average molecular weight is 284 g/mol. The molecule has 0 atom stereocenters. The third-order valence-corrected chi connectivity index (χ3v) is 4.50. The normalized spacial score (nSPS) is 16.3. The lowest BCUT2D eigenvalue weighted by molar-refractivity contribution is 0.0685. The van der Waals surface area contributed by atoms with E-state index in [-0.39, 0.29) is 0 Å². The predicted octanol–water partition coefficient (Wildman–Crippen LogP) is 3.16. The molecular formula is C18H24N2O. The molecule has 1 heterocycles. The topological polar surface area (TPSA) is 38.5 Å². The van der Waals surface area contributed by atoms with Crippen LogP contribution in [0.2, 0.25) is 0 Å². The maximum absolute atomic E-state index is 5.86. The van der Waals surface area contributed by atoms with Crippen LogP contribution in [-0.2, 0) is 11.3 Å². The van der Waals surface area contributed by atoms with Crippen molar-refractivity contribution in [1.29, 1.82) is 0 Å². The van der Waals surface area contributed by atoms with Crippen LogP contribution in [0.1, 0.15) is 18.4 Å². The third-order valence-electron chi connectivity index (χ3n) is 4.50. The summed E-state index contributed by atoms with van der Waals surface area (Å²) in [6, 6.07) is 12.9. The van der Waals surface area contributed by atoms with Gasteiger partial charge in [0.05, 0.1) is 0 Å². The Morgan fingerprint density at radius 2 is 1.81 bits per heavy atom. The van der Waals surface area contributed by atoms with Gasteiger partial charge in [0.15, 0.2) is 0 Å². The summed E-state index contributed by atoms with van der Waals surface area (Å²) in [6.07, 6.45) is 2.34. The van der Waals surface area contributed by atoms with E-state index in [9.17, 15) is 0 Å². The van der Waals surface area contributed by atoms with Crippen molar-refractivity contribution < 1.29 is 4.74 Å². The van der Waals surface area contributed by atoms with Crippen LogP contribution in [0.25, 0.3) is 10.8 Å². The Balaban J connectivity index is 1.89. The zero-order valence-corrected chi connectivity index (χ0v) is 12.7. The molecule has 3 rings (SSSR count). The summed E-state index contributed by atoms with van der Waals surface area (Å²) in [5.74, 6) is 0.733. The van der Waals surface area contributed by atoms with E-state index in [0.29, 0.717) is 6.54 Å². The molecule has 0 aliphatic carbocycles. The second kappa shape index (κ2) is 6.46. The van der Waals surface area contributed by atoms with E-state index in [4.69, 9.17) is 10.5 Å². The zero-order chi connectivity index (χ0) is 14.7. The van der Waals surface area contributed by atoms with Gasteiger partial charge >= 0.3 is 0 Å². The number of hydrogen-bond donors (Lipinski definition) is 1. The molecule has 1 saturated heterocycles. The molecule has 0 radical (unpaired) electrons. The number of nitrogens with two attached hydrogens (primary N) is 1. The van der Waals surface area contributed by atoms with Crippen molar-refractivity contribution in [2.24, 2.45) is 11.7 Å². The first-order valence-electron chi connectivity index (χ1n) is 7.79. The Labute approximate surface area is 126 Å². The van der Waals surface area contributed by atoms with E-state index in [1.807, 2.05) is 0 Å². The monoisotopic (exact) mass is 284 g/mol. The Kier molecular flexibility index (Phi) is 4.42. The summed E-state index contributed by atoms with van der Waals surface area (Å²) in [5, 5.41) is 2.58. The van der Waals surface area contributed by atoms with Crippen LogP contribution in [0, 0.1) is 5.92 Å². The smallest absolute Gasteiger partial charge is 0.0469 e. The standard InChI is InChI=1S/C18H24N2O/c1-20(13-14-8-10-21-11-9-14)18-7-6-15(12-19)16-4-2-3-5-17(16)18/h2-7,14H,8-13,19H2,1H3. The summed E-state index contributed by atoms with van der Waals surface area (Å²) < 4.78 is 5.46. The van der Waals surface area contributed by atoms with E-state index >= 15 is 0 Å². The fraction of sp³-hybridized carbons (Fsp3) is 0.444. The number of hydrogen-bond acceptors (Lipinski definition) is 3. The van der Waals surface area contributed by atoms with Gasteiger partial charge in [-0.3, -0.25) is 0 Å². The summed E-state index contributed by atoms with van der Waals surface area (Å²) >= 11 is 0. The second-order valence-corrected chi connectivity index (χ2v) is 5.93. The van der Waals surface area contributed by atoms with Gasteiger partial charge in [-0.25, -0.2) is 0 Å². The van der Waals surface area contributed by atoms with Gasteiger partial charge in [-0.1, -0.05) is 30.3 Å². The molecule has 0 spiro atoms. The molecule has 0 saturated carbocycles. The molecule has 3 heteroatoms. The van der Waals surface area contributed by atoms with Crippen LogP contribution in [0.15, 0.2) is 36.4 Å². The highest BCUT2D eigenvalue weighted by atomic mass is 16.5. The highest BCUT2D eigenvalue weighted by Crippen LogP contribution is 2.30. The van der Waals surface area contributed by atoms with E-state index < -0.39 is 0 Å². The first-order valence-corrected chi connectivity index (χ1v) is 7.79. The maximum Gasteiger partial charge on any atom is 0.0469 e. The molecule has 0 unspecified atom stereocenters. The number of ether oxygens (including phenoxy) is 1. The van der Waals surface area contributed by atoms with Crippen molar-refractivity contribution in [2.75, 3.05) is 31.7 Å². The maximum atomic E-state index is 5.86. The van der Waals surface area contributed by atoms with Gasteiger partial charge in [-0.2, -0.15) is 0 Å². The molecule has 3 nitrogen and oxygen atoms in total. The summed E-state index contributed by atoms with van der Waals surface area (Å²) in [5.41, 5.74) is 8.38. The molecule has 112 valence electrons. The van der Waals surface area contributed by atoms with Gasteiger partial charge in [-0.05, 0) is 35.8 Å². The molecule has 1 aliphatic rings. The lowest BCUT2D eigenvalue weighted by Gasteiger charge is -2.29. The Morgan fingerprint density at radius 1 is 1.10 bits per heavy atom. The molecule has 1 aliphatic heterocycles. The van der Waals surface area contributed by atoms with E-state index in [0.717, 1.165) is 25.7 Å². The van der Waals surface area contributed by atoms with Crippen molar-refractivity contribution in [2.45, 2.75) is 19.4 Å². The molecule has 1 fully saturated rings. The number of benzene rings is 2. The first kappa shape index (κ1) is 14.4. The molecule has 0 bridgehead atoms. The number of fused-ring (bicyclic) bond motifs is 1. The van der Waals surface area contributed by atoms with Crippen molar-refractivity contribution in [3.05, 3.63) is 42.0 Å². The largest absolute Gasteiger partial charge is 0.381 e. The van der Waals surface area contributed by atoms with Crippen LogP contribution in [0.4, 0.5) is 5.69 Å².